The van der Waals surface area contributed by atoms with Crippen LogP contribution in [0.25, 0.3) is 0 Å². The van der Waals surface area contributed by atoms with Crippen LogP contribution in [0.5, 0.6) is 0 Å². The monoisotopic (exact) mass is 480 g/mol. The van der Waals surface area contributed by atoms with Crippen LogP contribution in [0.1, 0.15) is 155 Å². The molecule has 0 aromatic heterocycles. The lowest BCUT2D eigenvalue weighted by molar-refractivity contribution is -0.144. The minimum absolute atomic E-state index is 0.0137. The number of hydrogen-bond acceptors (Lipinski definition) is 4. The van der Waals surface area contributed by atoms with Gasteiger partial charge < -0.3 is 9.47 Å². The van der Waals surface area contributed by atoms with E-state index in [0.717, 1.165) is 70.6 Å². The molecule has 0 heterocycles. The van der Waals surface area contributed by atoms with E-state index in [1.54, 1.807) is 0 Å². The van der Waals surface area contributed by atoms with E-state index in [1.165, 1.54) is 57.8 Å². The first-order chi connectivity index (χ1) is 16.7. The summed E-state index contributed by atoms with van der Waals surface area (Å²) in [5.74, 6) is -0.0398. The van der Waals surface area contributed by atoms with E-state index in [0.29, 0.717) is 26.1 Å². The zero-order valence-electron chi connectivity index (χ0n) is 22.8. The maximum atomic E-state index is 11.6. The van der Waals surface area contributed by atoms with Crippen molar-refractivity contribution in [2.75, 3.05) is 13.2 Å². The number of esters is 2. The van der Waals surface area contributed by atoms with Gasteiger partial charge in [-0.05, 0) is 51.4 Å². The van der Waals surface area contributed by atoms with Crippen LogP contribution in [-0.4, -0.2) is 25.2 Å². The Morgan fingerprint density at radius 2 is 0.824 bits per heavy atom. The molecule has 200 valence electrons. The van der Waals surface area contributed by atoms with Crippen molar-refractivity contribution in [1.82, 2.24) is 0 Å². The fraction of sp³-hybridized carbons (Fsp3) is 0.867. The normalized spacial score (nSPS) is 11.2. The van der Waals surface area contributed by atoms with Crippen LogP contribution in [0.2, 0.25) is 0 Å². The number of ether oxygens (including phenoxy) is 2. The lowest BCUT2D eigenvalue weighted by Crippen LogP contribution is -2.05. The van der Waals surface area contributed by atoms with Crippen molar-refractivity contribution in [2.45, 2.75) is 155 Å². The molecule has 0 aliphatic carbocycles. The minimum atomic E-state index is -0.0262. The molecule has 0 aliphatic rings. The Morgan fingerprint density at radius 3 is 1.24 bits per heavy atom. The molecule has 0 spiro atoms. The average Bonchev–Trinajstić information content (AvgIpc) is 2.83. The third-order valence-corrected chi connectivity index (χ3v) is 6.19. The lowest BCUT2D eigenvalue weighted by Gasteiger charge is -2.04. The molecule has 0 rings (SSSR count). The Labute approximate surface area is 211 Å². The first-order valence-corrected chi connectivity index (χ1v) is 14.7. The van der Waals surface area contributed by atoms with Crippen molar-refractivity contribution in [3.05, 3.63) is 12.2 Å². The zero-order valence-corrected chi connectivity index (χ0v) is 22.8. The number of hydrogen-bond donors (Lipinski definition) is 0. The molecule has 0 saturated carbocycles. The van der Waals surface area contributed by atoms with E-state index >= 15 is 0 Å². The number of allylic oxidation sites excluding steroid dienone is 2. The van der Waals surface area contributed by atoms with Crippen molar-refractivity contribution < 1.29 is 19.1 Å². The minimum Gasteiger partial charge on any atom is -0.466 e. The molecule has 0 aromatic carbocycles. The Hall–Kier alpha value is -1.32. The van der Waals surface area contributed by atoms with Crippen molar-refractivity contribution in [3.8, 4) is 0 Å². The van der Waals surface area contributed by atoms with E-state index in [-0.39, 0.29) is 11.9 Å². The van der Waals surface area contributed by atoms with Gasteiger partial charge in [-0.1, -0.05) is 103 Å². The fourth-order valence-corrected chi connectivity index (χ4v) is 3.93. The van der Waals surface area contributed by atoms with Gasteiger partial charge in [0.05, 0.1) is 13.2 Å². The van der Waals surface area contributed by atoms with E-state index in [9.17, 15) is 9.59 Å². The van der Waals surface area contributed by atoms with Crippen LogP contribution in [0, 0.1) is 0 Å². The van der Waals surface area contributed by atoms with E-state index in [2.05, 4.69) is 26.0 Å². The van der Waals surface area contributed by atoms with Crippen LogP contribution >= 0.6 is 0 Å². The molecule has 0 fully saturated rings. The van der Waals surface area contributed by atoms with Crippen LogP contribution in [0.4, 0.5) is 0 Å². The highest BCUT2D eigenvalue weighted by Crippen LogP contribution is 2.12. The number of carbonyl (C=O) groups excluding carboxylic acids is 2. The van der Waals surface area contributed by atoms with Crippen molar-refractivity contribution in [1.29, 1.82) is 0 Å². The van der Waals surface area contributed by atoms with Gasteiger partial charge in [0.1, 0.15) is 0 Å². The molecule has 0 amide bonds. The smallest absolute Gasteiger partial charge is 0.305 e. The van der Waals surface area contributed by atoms with Crippen LogP contribution in [-0.2, 0) is 19.1 Å². The summed E-state index contributed by atoms with van der Waals surface area (Å²) >= 11 is 0. The number of carbonyl (C=O) groups is 2. The summed E-state index contributed by atoms with van der Waals surface area (Å²) in [4.78, 5) is 23.2. The van der Waals surface area contributed by atoms with Gasteiger partial charge in [-0.3, -0.25) is 9.59 Å². The Bertz CT molecular complexity index is 472. The summed E-state index contributed by atoms with van der Waals surface area (Å²) in [6.07, 6.45) is 29.2. The molecule has 4 nitrogen and oxygen atoms in total. The van der Waals surface area contributed by atoms with Gasteiger partial charge in [-0.2, -0.15) is 0 Å². The van der Waals surface area contributed by atoms with Crippen LogP contribution in [0.3, 0.4) is 0 Å². The summed E-state index contributed by atoms with van der Waals surface area (Å²) in [5, 5.41) is 0. The lowest BCUT2D eigenvalue weighted by atomic mass is 10.1. The molecule has 0 saturated heterocycles. The molecule has 0 unspecified atom stereocenters. The summed E-state index contributed by atoms with van der Waals surface area (Å²) in [7, 11) is 0. The second-order valence-electron chi connectivity index (χ2n) is 9.65. The average molecular weight is 481 g/mol. The van der Waals surface area contributed by atoms with Gasteiger partial charge in [-0.15, -0.1) is 0 Å². The molecule has 34 heavy (non-hydrogen) atoms. The van der Waals surface area contributed by atoms with Gasteiger partial charge in [0.15, 0.2) is 0 Å². The molecular weight excluding hydrogens is 424 g/mol. The summed E-state index contributed by atoms with van der Waals surface area (Å²) in [6, 6.07) is 0. The van der Waals surface area contributed by atoms with Gasteiger partial charge in [0, 0.05) is 12.8 Å². The van der Waals surface area contributed by atoms with E-state index in [1.807, 2.05) is 0 Å². The Balaban J connectivity index is 3.23. The van der Waals surface area contributed by atoms with E-state index < -0.39 is 0 Å². The highest BCUT2D eigenvalue weighted by molar-refractivity contribution is 5.69. The predicted molar refractivity (Wildman–Crippen MR) is 144 cm³/mol. The SMILES string of the molecule is CCCCCOC(=O)CCCCC/C=C/CCCCCCCCCCCC(=O)OCCCCC. The largest absolute Gasteiger partial charge is 0.466 e. The predicted octanol–water partition coefficient (Wildman–Crippen LogP) is 9.25. The van der Waals surface area contributed by atoms with Gasteiger partial charge in [0.2, 0.25) is 0 Å². The summed E-state index contributed by atoms with van der Waals surface area (Å²) in [6.45, 7) is 5.50. The van der Waals surface area contributed by atoms with Gasteiger partial charge in [0.25, 0.3) is 0 Å². The van der Waals surface area contributed by atoms with Gasteiger partial charge in [-0.25, -0.2) is 0 Å². The Morgan fingerprint density at radius 1 is 0.471 bits per heavy atom. The molecule has 0 atom stereocenters. The maximum absolute atomic E-state index is 11.6. The third-order valence-electron chi connectivity index (χ3n) is 6.19. The fourth-order valence-electron chi connectivity index (χ4n) is 3.93. The first-order valence-electron chi connectivity index (χ1n) is 14.7. The topological polar surface area (TPSA) is 52.6 Å². The molecule has 0 radical (unpaired) electrons. The molecule has 0 aliphatic heterocycles. The standard InChI is InChI=1S/C30H56O4/c1-3-5-23-27-33-29(31)25-21-19-17-15-13-11-9-7-8-10-12-14-16-18-20-22-26-30(32)34-28-24-6-4-2/h11,13H,3-10,12,14-28H2,1-2H3/b13-11+. The highest BCUT2D eigenvalue weighted by atomic mass is 16.5. The van der Waals surface area contributed by atoms with Gasteiger partial charge >= 0.3 is 11.9 Å². The van der Waals surface area contributed by atoms with Crippen LogP contribution in [0.15, 0.2) is 12.2 Å². The second kappa shape index (κ2) is 27.9. The summed E-state index contributed by atoms with van der Waals surface area (Å²) < 4.78 is 10.5. The van der Waals surface area contributed by atoms with E-state index in [4.69, 9.17) is 9.47 Å². The number of rotatable bonds is 26. The highest BCUT2D eigenvalue weighted by Gasteiger charge is 2.03. The molecule has 0 aromatic rings. The molecule has 4 heteroatoms. The maximum Gasteiger partial charge on any atom is 0.305 e. The Kier molecular flexibility index (Phi) is 26.8. The summed E-state index contributed by atoms with van der Waals surface area (Å²) in [5.41, 5.74) is 0. The van der Waals surface area contributed by atoms with Crippen LogP contribution < -0.4 is 0 Å². The molecule has 0 bridgehead atoms. The number of unbranched alkanes of at least 4 members (excludes halogenated alkanes) is 16. The zero-order chi connectivity index (χ0) is 25.0. The molecular formula is C30H56O4. The second-order valence-corrected chi connectivity index (χ2v) is 9.65. The van der Waals surface area contributed by atoms with Crippen molar-refractivity contribution in [3.63, 3.8) is 0 Å². The molecule has 0 N–H and O–H groups in total. The van der Waals surface area contributed by atoms with Crippen molar-refractivity contribution in [2.24, 2.45) is 0 Å². The van der Waals surface area contributed by atoms with Crippen molar-refractivity contribution >= 4 is 11.9 Å². The third kappa shape index (κ3) is 26.9. The quantitative estimate of drug-likeness (QED) is 0.0703. The first kappa shape index (κ1) is 32.7.